The van der Waals surface area contributed by atoms with E-state index in [0.29, 0.717) is 0 Å². The van der Waals surface area contributed by atoms with Crippen LogP contribution in [-0.2, 0) is 0 Å². The van der Waals surface area contributed by atoms with Crippen molar-refractivity contribution in [3.63, 3.8) is 0 Å². The molecular weight excluding hydrogens is 302 g/mol. The van der Waals surface area contributed by atoms with E-state index in [9.17, 15) is 0 Å². The molecule has 0 bridgehead atoms. The third-order valence-electron chi connectivity index (χ3n) is 3.87. The maximum atomic E-state index is 4.64. The average molecular weight is 334 g/mol. The molecule has 132 valence electrons. The van der Waals surface area contributed by atoms with Crippen molar-refractivity contribution in [2.45, 2.75) is 46.0 Å². The summed E-state index contributed by atoms with van der Waals surface area (Å²) < 4.78 is 0. The summed E-state index contributed by atoms with van der Waals surface area (Å²) in [6, 6.07) is 8.87. The monoisotopic (exact) mass is 333 g/mol. The zero-order valence-corrected chi connectivity index (χ0v) is 15.9. The van der Waals surface area contributed by atoms with Gasteiger partial charge >= 0.3 is 0 Å². The molecule has 0 saturated heterocycles. The molecule has 1 nitrogen and oxygen atoms in total. The zero-order chi connectivity index (χ0) is 18.5. The molecular formula is C24H31N. The Hall–Kier alpha value is -2.41. The van der Waals surface area contributed by atoms with Crippen molar-refractivity contribution in [2.24, 2.45) is 4.99 Å². The van der Waals surface area contributed by atoms with Gasteiger partial charge in [-0.15, -0.1) is 0 Å². The summed E-state index contributed by atoms with van der Waals surface area (Å²) >= 11 is 0. The minimum atomic E-state index is 0.795. The SMILES string of the molecule is C=C/C=C\C=C.C\C=C(C)/C=N/C(=C/CC)c1cccc(C2CC2)c1. The van der Waals surface area contributed by atoms with Gasteiger partial charge in [-0.1, -0.05) is 74.7 Å². The number of nitrogens with zero attached hydrogens (tertiary/aromatic N) is 1. The second-order valence-electron chi connectivity index (χ2n) is 6.04. The minimum absolute atomic E-state index is 0.795. The van der Waals surface area contributed by atoms with Crippen LogP contribution in [0.3, 0.4) is 0 Å². The van der Waals surface area contributed by atoms with Crippen LogP contribution in [0.4, 0.5) is 0 Å². The second kappa shape index (κ2) is 12.0. The molecule has 1 aromatic rings. The van der Waals surface area contributed by atoms with E-state index in [-0.39, 0.29) is 0 Å². The third kappa shape index (κ3) is 8.30. The fourth-order valence-corrected chi connectivity index (χ4v) is 2.21. The topological polar surface area (TPSA) is 12.4 Å². The van der Waals surface area contributed by atoms with Crippen LogP contribution in [0.15, 0.2) is 84.4 Å². The molecule has 0 spiro atoms. The van der Waals surface area contributed by atoms with Crippen LogP contribution >= 0.6 is 0 Å². The molecule has 0 amide bonds. The van der Waals surface area contributed by atoms with E-state index in [2.05, 4.69) is 68.4 Å². The third-order valence-corrected chi connectivity index (χ3v) is 3.87. The first kappa shape index (κ1) is 20.6. The lowest BCUT2D eigenvalue weighted by atomic mass is 10.0. The molecule has 25 heavy (non-hydrogen) atoms. The molecule has 1 fully saturated rings. The first-order valence-electron chi connectivity index (χ1n) is 9.03. The fraction of sp³-hybridized carbons (Fsp3) is 0.292. The number of hydrogen-bond acceptors (Lipinski definition) is 1. The maximum Gasteiger partial charge on any atom is 0.0662 e. The highest BCUT2D eigenvalue weighted by atomic mass is 14.7. The average Bonchev–Trinajstić information content (AvgIpc) is 3.49. The Morgan fingerprint density at radius 1 is 1.20 bits per heavy atom. The van der Waals surface area contributed by atoms with Crippen LogP contribution < -0.4 is 0 Å². The summed E-state index contributed by atoms with van der Waals surface area (Å²) in [4.78, 5) is 4.64. The summed E-state index contributed by atoms with van der Waals surface area (Å²) in [7, 11) is 0. The number of allylic oxidation sites excluding steroid dienone is 7. The molecule has 1 saturated carbocycles. The van der Waals surface area contributed by atoms with Gasteiger partial charge < -0.3 is 0 Å². The van der Waals surface area contributed by atoms with Gasteiger partial charge in [-0.05, 0) is 56.2 Å². The van der Waals surface area contributed by atoms with Gasteiger partial charge in [0, 0.05) is 11.8 Å². The summed E-state index contributed by atoms with van der Waals surface area (Å²) in [6.45, 7) is 13.2. The zero-order valence-electron chi connectivity index (χ0n) is 15.9. The number of rotatable bonds is 7. The van der Waals surface area contributed by atoms with Crippen molar-refractivity contribution in [1.82, 2.24) is 0 Å². The van der Waals surface area contributed by atoms with Gasteiger partial charge in [0.2, 0.25) is 0 Å². The lowest BCUT2D eigenvalue weighted by Gasteiger charge is -2.05. The Morgan fingerprint density at radius 3 is 2.40 bits per heavy atom. The molecule has 0 aromatic heterocycles. The molecule has 0 atom stereocenters. The van der Waals surface area contributed by atoms with Crippen molar-refractivity contribution in [2.75, 3.05) is 0 Å². The van der Waals surface area contributed by atoms with Gasteiger partial charge in [0.15, 0.2) is 0 Å². The van der Waals surface area contributed by atoms with Crippen LogP contribution in [0.1, 0.15) is 57.1 Å². The molecule has 1 aromatic carbocycles. The number of aliphatic imine (C=N–C) groups is 1. The quantitative estimate of drug-likeness (QED) is 0.367. The van der Waals surface area contributed by atoms with Crippen LogP contribution in [-0.4, -0.2) is 6.21 Å². The Morgan fingerprint density at radius 2 is 1.88 bits per heavy atom. The normalized spacial score (nSPS) is 15.2. The van der Waals surface area contributed by atoms with Gasteiger partial charge in [0.1, 0.15) is 0 Å². The van der Waals surface area contributed by atoms with Crippen molar-refractivity contribution >= 4 is 11.9 Å². The second-order valence-corrected chi connectivity index (χ2v) is 6.04. The predicted molar refractivity (Wildman–Crippen MR) is 114 cm³/mol. The standard InChI is InChI=1S/C18H23N.C6H8/c1-4-7-18(19-13-14(3)5-2)17-9-6-8-16(12-17)15-10-11-15;1-3-5-6-4-2/h5-9,12-13,15H,4,10-11H2,1-3H3;3-6H,1-2H2/b14-5-,18-7+,19-13+;6-5-. The first-order valence-corrected chi connectivity index (χ1v) is 9.03. The van der Waals surface area contributed by atoms with Crippen molar-refractivity contribution in [3.05, 3.63) is 90.6 Å². The highest BCUT2D eigenvalue weighted by Gasteiger charge is 2.23. The van der Waals surface area contributed by atoms with Crippen LogP contribution in [0.25, 0.3) is 5.70 Å². The van der Waals surface area contributed by atoms with Gasteiger partial charge in [0.25, 0.3) is 0 Å². The number of hydrogen-bond donors (Lipinski definition) is 0. The first-order chi connectivity index (χ1) is 12.2. The smallest absolute Gasteiger partial charge is 0.0662 e. The van der Waals surface area contributed by atoms with Crippen molar-refractivity contribution < 1.29 is 0 Å². The Kier molecular flexibility index (Phi) is 9.92. The summed E-state index contributed by atoms with van der Waals surface area (Å²) in [5.41, 5.74) is 5.00. The van der Waals surface area contributed by atoms with E-state index >= 15 is 0 Å². The van der Waals surface area contributed by atoms with Crippen molar-refractivity contribution in [3.8, 4) is 0 Å². The van der Waals surface area contributed by atoms with Crippen molar-refractivity contribution in [1.29, 1.82) is 0 Å². The maximum absolute atomic E-state index is 4.64. The van der Waals surface area contributed by atoms with E-state index in [4.69, 9.17) is 0 Å². The summed E-state index contributed by atoms with van der Waals surface area (Å²) in [5, 5.41) is 0. The molecule has 0 N–H and O–H groups in total. The summed E-state index contributed by atoms with van der Waals surface area (Å²) in [5.74, 6) is 0.795. The Bertz CT molecular complexity index is 657. The largest absolute Gasteiger partial charge is 0.256 e. The van der Waals surface area contributed by atoms with E-state index in [0.717, 1.165) is 18.0 Å². The van der Waals surface area contributed by atoms with E-state index < -0.39 is 0 Å². The van der Waals surface area contributed by atoms with Crippen LogP contribution in [0.2, 0.25) is 0 Å². The molecule has 1 aliphatic carbocycles. The van der Waals surface area contributed by atoms with E-state index in [1.165, 1.54) is 29.5 Å². The molecule has 0 radical (unpaired) electrons. The van der Waals surface area contributed by atoms with Gasteiger partial charge in [-0.25, -0.2) is 0 Å². The van der Waals surface area contributed by atoms with Gasteiger partial charge in [-0.3, -0.25) is 4.99 Å². The molecule has 0 heterocycles. The summed E-state index contributed by atoms with van der Waals surface area (Å²) in [6.07, 6.45) is 17.0. The predicted octanol–water partition coefficient (Wildman–Crippen LogP) is 7.27. The molecule has 2 rings (SSSR count). The molecule has 0 aliphatic heterocycles. The molecule has 1 heteroatoms. The highest BCUT2D eigenvalue weighted by Crippen LogP contribution is 2.40. The van der Waals surface area contributed by atoms with Crippen LogP contribution in [0, 0.1) is 0 Å². The minimum Gasteiger partial charge on any atom is -0.256 e. The molecule has 0 unspecified atom stereocenters. The van der Waals surface area contributed by atoms with Gasteiger partial charge in [-0.2, -0.15) is 0 Å². The van der Waals surface area contributed by atoms with E-state index in [1.807, 2.05) is 25.3 Å². The van der Waals surface area contributed by atoms with Crippen LogP contribution in [0.5, 0.6) is 0 Å². The Balaban J connectivity index is 0.000000450. The number of benzene rings is 1. The molecule has 1 aliphatic rings. The van der Waals surface area contributed by atoms with Gasteiger partial charge in [0.05, 0.1) is 5.70 Å². The fourth-order valence-electron chi connectivity index (χ4n) is 2.21. The lowest BCUT2D eigenvalue weighted by molar-refractivity contribution is 1.13. The highest BCUT2D eigenvalue weighted by molar-refractivity contribution is 5.84. The van der Waals surface area contributed by atoms with E-state index in [1.54, 1.807) is 12.2 Å². The lowest BCUT2D eigenvalue weighted by Crippen LogP contribution is -1.87. The Labute approximate surface area is 153 Å².